The maximum absolute atomic E-state index is 11.3. The fourth-order valence-corrected chi connectivity index (χ4v) is 3.00. The number of nitrogens with zero attached hydrogens (tertiary/aromatic N) is 1. The van der Waals surface area contributed by atoms with Gasteiger partial charge in [-0.25, -0.2) is 8.42 Å². The zero-order valence-electron chi connectivity index (χ0n) is 8.78. The summed E-state index contributed by atoms with van der Waals surface area (Å²) in [5.41, 5.74) is 5.54. The van der Waals surface area contributed by atoms with Crippen molar-refractivity contribution in [2.45, 2.75) is 13.3 Å². The summed E-state index contributed by atoms with van der Waals surface area (Å²) in [5, 5.41) is 0. The molecule has 1 rings (SSSR count). The maximum atomic E-state index is 11.3. The summed E-state index contributed by atoms with van der Waals surface area (Å²) in [4.78, 5) is 2.21. The van der Waals surface area contributed by atoms with Gasteiger partial charge in [-0.2, -0.15) is 0 Å². The minimum Gasteiger partial charge on any atom is -0.330 e. The summed E-state index contributed by atoms with van der Waals surface area (Å²) >= 11 is 0. The molecule has 1 atom stereocenters. The Morgan fingerprint density at radius 3 is 2.71 bits per heavy atom. The van der Waals surface area contributed by atoms with Crippen molar-refractivity contribution in [3.05, 3.63) is 0 Å². The van der Waals surface area contributed by atoms with Gasteiger partial charge in [-0.1, -0.05) is 6.92 Å². The summed E-state index contributed by atoms with van der Waals surface area (Å²) < 4.78 is 22.6. The van der Waals surface area contributed by atoms with E-state index in [9.17, 15) is 8.42 Å². The SMILES string of the molecule is CC(CN)CN1CCCS(=O)(=O)CC1. The van der Waals surface area contributed by atoms with E-state index in [4.69, 9.17) is 5.73 Å². The Hall–Kier alpha value is -0.130. The highest BCUT2D eigenvalue weighted by molar-refractivity contribution is 7.91. The van der Waals surface area contributed by atoms with Crippen molar-refractivity contribution in [3.63, 3.8) is 0 Å². The molecule has 0 spiro atoms. The Bertz CT molecular complexity index is 264. The van der Waals surface area contributed by atoms with Gasteiger partial charge in [0.2, 0.25) is 0 Å². The molecule has 1 aliphatic rings. The molecule has 84 valence electrons. The molecule has 0 aromatic heterocycles. The van der Waals surface area contributed by atoms with Gasteiger partial charge < -0.3 is 10.6 Å². The van der Waals surface area contributed by atoms with Gasteiger partial charge in [-0.05, 0) is 25.4 Å². The molecule has 5 heteroatoms. The molecule has 0 aromatic rings. The molecule has 14 heavy (non-hydrogen) atoms. The molecule has 0 aromatic carbocycles. The molecular weight excluding hydrogens is 200 g/mol. The number of nitrogens with two attached hydrogens (primary N) is 1. The summed E-state index contributed by atoms with van der Waals surface area (Å²) in [5.74, 6) is 1.11. The summed E-state index contributed by atoms with van der Waals surface area (Å²) in [6.45, 7) is 5.25. The Balaban J connectivity index is 2.42. The molecule has 0 saturated carbocycles. The van der Waals surface area contributed by atoms with Crippen LogP contribution >= 0.6 is 0 Å². The summed E-state index contributed by atoms with van der Waals surface area (Å²) in [7, 11) is -2.77. The minimum atomic E-state index is -2.77. The predicted octanol–water partition coefficient (Wildman–Crippen LogP) is -0.298. The van der Waals surface area contributed by atoms with E-state index in [-0.39, 0.29) is 0 Å². The second kappa shape index (κ2) is 5.09. The average Bonchev–Trinajstić information content (AvgIpc) is 2.28. The van der Waals surface area contributed by atoms with Crippen molar-refractivity contribution in [2.24, 2.45) is 11.7 Å². The highest BCUT2D eigenvalue weighted by Crippen LogP contribution is 2.07. The van der Waals surface area contributed by atoms with Gasteiger partial charge in [0.15, 0.2) is 9.84 Å². The van der Waals surface area contributed by atoms with Crippen molar-refractivity contribution < 1.29 is 8.42 Å². The molecule has 0 aliphatic carbocycles. The van der Waals surface area contributed by atoms with Crippen LogP contribution in [0.2, 0.25) is 0 Å². The van der Waals surface area contributed by atoms with Crippen LogP contribution < -0.4 is 5.73 Å². The highest BCUT2D eigenvalue weighted by atomic mass is 32.2. The minimum absolute atomic E-state index is 0.310. The Labute approximate surface area is 86.4 Å². The predicted molar refractivity (Wildman–Crippen MR) is 57.9 cm³/mol. The van der Waals surface area contributed by atoms with Gasteiger partial charge in [-0.3, -0.25) is 0 Å². The van der Waals surface area contributed by atoms with Crippen LogP contribution in [-0.4, -0.2) is 51.0 Å². The van der Waals surface area contributed by atoms with E-state index in [1.54, 1.807) is 0 Å². The number of sulfone groups is 1. The van der Waals surface area contributed by atoms with Gasteiger partial charge in [0, 0.05) is 13.1 Å². The van der Waals surface area contributed by atoms with E-state index in [1.165, 1.54) is 0 Å². The fraction of sp³-hybridized carbons (Fsp3) is 1.00. The van der Waals surface area contributed by atoms with Gasteiger partial charge in [-0.15, -0.1) is 0 Å². The van der Waals surface area contributed by atoms with E-state index < -0.39 is 9.84 Å². The molecule has 1 aliphatic heterocycles. The molecule has 4 nitrogen and oxygen atoms in total. The molecule has 0 radical (unpaired) electrons. The zero-order valence-corrected chi connectivity index (χ0v) is 9.59. The van der Waals surface area contributed by atoms with Crippen molar-refractivity contribution in [2.75, 3.05) is 37.7 Å². The molecule has 1 saturated heterocycles. The Morgan fingerprint density at radius 1 is 1.36 bits per heavy atom. The lowest BCUT2D eigenvalue weighted by Gasteiger charge is -2.22. The molecule has 0 amide bonds. The first-order valence-electron chi connectivity index (χ1n) is 5.16. The summed E-state index contributed by atoms with van der Waals surface area (Å²) in [6, 6.07) is 0. The molecular formula is C9H20N2O2S. The van der Waals surface area contributed by atoms with E-state index in [2.05, 4.69) is 11.8 Å². The lowest BCUT2D eigenvalue weighted by atomic mass is 10.1. The third-order valence-corrected chi connectivity index (χ3v) is 4.34. The zero-order chi connectivity index (χ0) is 10.6. The maximum Gasteiger partial charge on any atom is 0.151 e. The first-order chi connectivity index (χ1) is 6.53. The normalized spacial score (nSPS) is 25.6. The molecule has 1 heterocycles. The second-order valence-corrected chi connectivity index (χ2v) is 6.45. The van der Waals surface area contributed by atoms with Crippen LogP contribution in [0, 0.1) is 5.92 Å². The smallest absolute Gasteiger partial charge is 0.151 e. The van der Waals surface area contributed by atoms with Gasteiger partial charge in [0.05, 0.1) is 11.5 Å². The third kappa shape index (κ3) is 3.94. The molecule has 1 unspecified atom stereocenters. The lowest BCUT2D eigenvalue weighted by Crippen LogP contribution is -2.33. The van der Waals surface area contributed by atoms with E-state index in [0.717, 1.165) is 19.5 Å². The quantitative estimate of drug-likeness (QED) is 0.709. The fourth-order valence-electron chi connectivity index (χ4n) is 1.69. The van der Waals surface area contributed by atoms with Crippen molar-refractivity contribution in [1.82, 2.24) is 4.90 Å². The van der Waals surface area contributed by atoms with Crippen LogP contribution in [0.1, 0.15) is 13.3 Å². The monoisotopic (exact) mass is 220 g/mol. The van der Waals surface area contributed by atoms with Crippen LogP contribution in [-0.2, 0) is 9.84 Å². The van der Waals surface area contributed by atoms with E-state index in [0.29, 0.717) is 30.5 Å². The van der Waals surface area contributed by atoms with Crippen molar-refractivity contribution in [1.29, 1.82) is 0 Å². The van der Waals surface area contributed by atoms with Crippen LogP contribution in [0.4, 0.5) is 0 Å². The second-order valence-electron chi connectivity index (χ2n) is 4.15. The topological polar surface area (TPSA) is 63.4 Å². The third-order valence-electron chi connectivity index (χ3n) is 2.62. The number of hydrogen-bond donors (Lipinski definition) is 1. The standard InChI is InChI=1S/C9H20N2O2S/c1-9(7-10)8-11-3-2-5-14(12,13)6-4-11/h9H,2-8,10H2,1H3. The van der Waals surface area contributed by atoms with Crippen LogP contribution in [0.25, 0.3) is 0 Å². The van der Waals surface area contributed by atoms with Crippen molar-refractivity contribution in [3.8, 4) is 0 Å². The average molecular weight is 220 g/mol. The van der Waals surface area contributed by atoms with Crippen LogP contribution in [0.15, 0.2) is 0 Å². The van der Waals surface area contributed by atoms with E-state index >= 15 is 0 Å². The Kier molecular flexibility index (Phi) is 4.34. The lowest BCUT2D eigenvalue weighted by molar-refractivity contribution is 0.257. The number of hydrogen-bond acceptors (Lipinski definition) is 4. The van der Waals surface area contributed by atoms with Gasteiger partial charge >= 0.3 is 0 Å². The summed E-state index contributed by atoms with van der Waals surface area (Å²) in [6.07, 6.45) is 0.764. The van der Waals surface area contributed by atoms with Crippen LogP contribution in [0.3, 0.4) is 0 Å². The highest BCUT2D eigenvalue weighted by Gasteiger charge is 2.19. The molecule has 1 fully saturated rings. The van der Waals surface area contributed by atoms with Crippen molar-refractivity contribution >= 4 is 9.84 Å². The van der Waals surface area contributed by atoms with E-state index in [1.807, 2.05) is 0 Å². The largest absolute Gasteiger partial charge is 0.330 e. The first-order valence-corrected chi connectivity index (χ1v) is 6.98. The Morgan fingerprint density at radius 2 is 2.07 bits per heavy atom. The van der Waals surface area contributed by atoms with Gasteiger partial charge in [0.25, 0.3) is 0 Å². The van der Waals surface area contributed by atoms with Gasteiger partial charge in [0.1, 0.15) is 0 Å². The molecule has 0 bridgehead atoms. The first kappa shape index (κ1) is 11.9. The number of rotatable bonds is 3. The molecule has 2 N–H and O–H groups in total. The van der Waals surface area contributed by atoms with Crippen LogP contribution in [0.5, 0.6) is 0 Å².